The lowest BCUT2D eigenvalue weighted by molar-refractivity contribution is 0.0955. The van der Waals surface area contributed by atoms with Crippen molar-refractivity contribution in [3.63, 3.8) is 0 Å². The number of rotatable bonds is 6. The van der Waals surface area contributed by atoms with E-state index in [4.69, 9.17) is 4.74 Å². The van der Waals surface area contributed by atoms with Crippen LogP contribution < -0.4 is 15.7 Å². The number of H-pyrrole nitrogens is 1. The van der Waals surface area contributed by atoms with Gasteiger partial charge in [-0.3, -0.25) is 14.7 Å². The van der Waals surface area contributed by atoms with Crippen molar-refractivity contribution in [3.8, 4) is 22.1 Å². The summed E-state index contributed by atoms with van der Waals surface area (Å²) in [6.07, 6.45) is 0. The molecule has 0 atom stereocenters. The normalized spacial score (nSPS) is 11.5. The second kappa shape index (κ2) is 9.40. The number of aromatic nitrogens is 3. The molecule has 0 aliphatic heterocycles. The number of para-hydroxylation sites is 1. The van der Waals surface area contributed by atoms with Crippen LogP contribution in [0.1, 0.15) is 22.8 Å². The average Bonchev–Trinajstić information content (AvgIpc) is 3.48. The zero-order chi connectivity index (χ0) is 24.4. The highest BCUT2D eigenvalue weighted by Gasteiger charge is 2.21. The highest BCUT2D eigenvalue weighted by Crippen LogP contribution is 2.27. The van der Waals surface area contributed by atoms with Gasteiger partial charge in [0.25, 0.3) is 11.5 Å². The molecule has 9 heteroatoms. The smallest absolute Gasteiger partial charge is 0.283 e. The predicted octanol–water partition coefficient (Wildman–Crippen LogP) is 4.60. The van der Waals surface area contributed by atoms with Crippen LogP contribution in [0.15, 0.2) is 88.8 Å². The Hall–Kier alpha value is -4.50. The summed E-state index contributed by atoms with van der Waals surface area (Å²) in [4.78, 5) is 30.7. The molecule has 0 saturated carbocycles. The van der Waals surface area contributed by atoms with Crippen molar-refractivity contribution in [3.05, 3.63) is 100 Å². The lowest BCUT2D eigenvalue weighted by Crippen LogP contribution is -2.23. The summed E-state index contributed by atoms with van der Waals surface area (Å²) in [5.41, 5.74) is 5.54. The number of nitrogens with one attached hydrogen (secondary N) is 2. The number of nitrogens with zero attached hydrogens (tertiary/aromatic N) is 3. The number of hydrazone groups is 1. The molecule has 0 unspecified atom stereocenters. The number of aromatic amines is 1. The number of benzene rings is 3. The van der Waals surface area contributed by atoms with Gasteiger partial charge in [-0.25, -0.2) is 10.4 Å². The predicted molar refractivity (Wildman–Crippen MR) is 138 cm³/mol. The van der Waals surface area contributed by atoms with Gasteiger partial charge in [0, 0.05) is 11.1 Å². The van der Waals surface area contributed by atoms with E-state index in [1.807, 2.05) is 54.6 Å². The third kappa shape index (κ3) is 4.36. The van der Waals surface area contributed by atoms with E-state index in [2.05, 4.69) is 20.6 Å². The fourth-order valence-electron chi connectivity index (χ4n) is 3.67. The quantitative estimate of drug-likeness (QED) is 0.272. The third-order valence-electron chi connectivity index (χ3n) is 5.47. The van der Waals surface area contributed by atoms with Gasteiger partial charge in [-0.2, -0.15) is 9.78 Å². The van der Waals surface area contributed by atoms with E-state index in [1.54, 1.807) is 38.3 Å². The molecule has 0 fully saturated rings. The summed E-state index contributed by atoms with van der Waals surface area (Å²) in [5, 5.41) is 7.95. The summed E-state index contributed by atoms with van der Waals surface area (Å²) >= 11 is 1.41. The molecule has 0 spiro atoms. The molecule has 0 radical (unpaired) electrons. The molecular weight excluding hydrogens is 462 g/mol. The number of methoxy groups -OCH3 is 1. The summed E-state index contributed by atoms with van der Waals surface area (Å²) in [5.74, 6) is 0.335. The first-order valence-electron chi connectivity index (χ1n) is 10.8. The Morgan fingerprint density at radius 1 is 1.03 bits per heavy atom. The molecule has 0 saturated heterocycles. The van der Waals surface area contributed by atoms with Gasteiger partial charge in [0.05, 0.1) is 34.3 Å². The van der Waals surface area contributed by atoms with Crippen molar-refractivity contribution < 1.29 is 9.53 Å². The maximum absolute atomic E-state index is 13.6. The van der Waals surface area contributed by atoms with Crippen molar-refractivity contribution >= 4 is 33.2 Å². The van der Waals surface area contributed by atoms with E-state index in [0.29, 0.717) is 33.4 Å². The zero-order valence-electron chi connectivity index (χ0n) is 19.0. The maximum Gasteiger partial charge on any atom is 0.283 e. The SMILES string of the molecule is COc1ccc(-c2[nH]n(-c3nc4ccccc4s3)c(=O)c2/C(C)=N/NC(=O)c2ccccc2)cc1. The Bertz CT molecular complexity index is 1560. The van der Waals surface area contributed by atoms with Gasteiger partial charge in [-0.05, 0) is 55.5 Å². The van der Waals surface area contributed by atoms with E-state index in [9.17, 15) is 9.59 Å². The maximum atomic E-state index is 13.6. The van der Waals surface area contributed by atoms with E-state index in [1.165, 1.54) is 16.0 Å². The largest absolute Gasteiger partial charge is 0.497 e. The van der Waals surface area contributed by atoms with Crippen molar-refractivity contribution in [1.82, 2.24) is 20.2 Å². The molecule has 5 rings (SSSR count). The highest BCUT2D eigenvalue weighted by molar-refractivity contribution is 7.20. The Labute approximate surface area is 204 Å². The molecule has 2 aromatic heterocycles. The Morgan fingerprint density at radius 3 is 2.46 bits per heavy atom. The van der Waals surface area contributed by atoms with Crippen molar-refractivity contribution in [2.24, 2.45) is 5.10 Å². The van der Waals surface area contributed by atoms with Crippen LogP contribution in [0.25, 0.3) is 26.6 Å². The van der Waals surface area contributed by atoms with Crippen LogP contribution in [-0.4, -0.2) is 33.5 Å². The van der Waals surface area contributed by atoms with Crippen molar-refractivity contribution in [2.75, 3.05) is 7.11 Å². The molecule has 2 heterocycles. The van der Waals surface area contributed by atoms with Crippen LogP contribution in [0.5, 0.6) is 5.75 Å². The summed E-state index contributed by atoms with van der Waals surface area (Å²) < 4.78 is 7.65. The van der Waals surface area contributed by atoms with Gasteiger partial charge in [-0.1, -0.05) is 41.7 Å². The first-order valence-corrected chi connectivity index (χ1v) is 11.6. The monoisotopic (exact) mass is 483 g/mol. The second-order valence-corrected chi connectivity index (χ2v) is 8.71. The minimum Gasteiger partial charge on any atom is -0.497 e. The van der Waals surface area contributed by atoms with Gasteiger partial charge in [0.2, 0.25) is 5.13 Å². The fraction of sp³-hybridized carbons (Fsp3) is 0.0769. The Kier molecular flexibility index (Phi) is 5.99. The number of fused-ring (bicyclic) bond motifs is 1. The summed E-state index contributed by atoms with van der Waals surface area (Å²) in [7, 11) is 1.60. The molecule has 174 valence electrons. The molecule has 35 heavy (non-hydrogen) atoms. The van der Waals surface area contributed by atoms with Gasteiger partial charge < -0.3 is 4.74 Å². The molecule has 0 aliphatic carbocycles. The fourth-order valence-corrected chi connectivity index (χ4v) is 4.60. The standard InChI is InChI=1S/C26H21N5O3S/c1-16(28-29-24(32)18-8-4-3-5-9-18)22-23(17-12-14-19(34-2)15-13-17)30-31(25(22)33)26-27-20-10-6-7-11-21(20)35-26/h3-15,30H,1-2H3,(H,29,32)/b28-16+. The zero-order valence-corrected chi connectivity index (χ0v) is 19.8. The molecule has 2 N–H and O–H groups in total. The van der Waals surface area contributed by atoms with Crippen LogP contribution in [0.4, 0.5) is 0 Å². The molecule has 0 bridgehead atoms. The number of thiazole rings is 1. The number of carbonyl (C=O) groups is 1. The summed E-state index contributed by atoms with van der Waals surface area (Å²) in [6.45, 7) is 1.69. The van der Waals surface area contributed by atoms with Crippen LogP contribution in [0.3, 0.4) is 0 Å². The average molecular weight is 484 g/mol. The molecule has 0 aliphatic rings. The van der Waals surface area contributed by atoms with Gasteiger partial charge in [-0.15, -0.1) is 0 Å². The molecule has 1 amide bonds. The van der Waals surface area contributed by atoms with Gasteiger partial charge in [0.15, 0.2) is 0 Å². The number of hydrogen-bond donors (Lipinski definition) is 2. The van der Waals surface area contributed by atoms with E-state index < -0.39 is 0 Å². The molecule has 8 nitrogen and oxygen atoms in total. The third-order valence-corrected chi connectivity index (χ3v) is 6.49. The van der Waals surface area contributed by atoms with Crippen LogP contribution in [0, 0.1) is 0 Å². The minimum atomic E-state index is -0.363. The van der Waals surface area contributed by atoms with Crippen LogP contribution in [0.2, 0.25) is 0 Å². The van der Waals surface area contributed by atoms with E-state index in [0.717, 1.165) is 15.8 Å². The molecule has 3 aromatic carbocycles. The number of carbonyl (C=O) groups excluding carboxylic acids is 1. The number of ether oxygens (including phenoxy) is 1. The van der Waals surface area contributed by atoms with E-state index >= 15 is 0 Å². The second-order valence-electron chi connectivity index (χ2n) is 7.70. The Balaban J connectivity index is 1.60. The van der Waals surface area contributed by atoms with Gasteiger partial charge in [0.1, 0.15) is 5.75 Å². The van der Waals surface area contributed by atoms with Crippen molar-refractivity contribution in [2.45, 2.75) is 6.92 Å². The number of amides is 1. The first-order chi connectivity index (χ1) is 17.0. The van der Waals surface area contributed by atoms with E-state index in [-0.39, 0.29) is 11.5 Å². The first kappa shape index (κ1) is 22.3. The molecular formula is C26H21N5O3S. The topological polar surface area (TPSA) is 101 Å². The van der Waals surface area contributed by atoms with Crippen molar-refractivity contribution in [1.29, 1.82) is 0 Å². The lowest BCUT2D eigenvalue weighted by Gasteiger charge is -2.05. The van der Waals surface area contributed by atoms with Gasteiger partial charge >= 0.3 is 0 Å². The highest BCUT2D eigenvalue weighted by atomic mass is 32.1. The minimum absolute atomic E-state index is 0.315. The lowest BCUT2D eigenvalue weighted by atomic mass is 10.1. The summed E-state index contributed by atoms with van der Waals surface area (Å²) in [6, 6.07) is 23.8. The number of hydrogen-bond acceptors (Lipinski definition) is 6. The van der Waals surface area contributed by atoms with Crippen LogP contribution in [-0.2, 0) is 0 Å². The molecule has 5 aromatic rings. The van der Waals surface area contributed by atoms with Crippen LogP contribution >= 0.6 is 11.3 Å². The Morgan fingerprint density at radius 2 is 1.74 bits per heavy atom.